The maximum atomic E-state index is 11.9. The number of hydrogen-bond acceptors (Lipinski definition) is 2. The van der Waals surface area contributed by atoms with Crippen molar-refractivity contribution in [1.29, 1.82) is 0 Å². The van der Waals surface area contributed by atoms with Crippen molar-refractivity contribution in [2.75, 3.05) is 5.32 Å². The van der Waals surface area contributed by atoms with E-state index in [1.807, 2.05) is 24.3 Å². The number of fused-ring (bicyclic) bond motifs is 1. The fourth-order valence-corrected chi connectivity index (χ4v) is 2.20. The number of rotatable bonds is 1. The molecular formula is C15H14N2O. The maximum Gasteiger partial charge on any atom is 0.230 e. The Labute approximate surface area is 106 Å². The molecule has 90 valence electrons. The van der Waals surface area contributed by atoms with Gasteiger partial charge in [0.1, 0.15) is 0 Å². The molecule has 1 amide bonds. The molecule has 18 heavy (non-hydrogen) atoms. The number of hydrogen-bond donors (Lipinski definition) is 1. The zero-order chi connectivity index (χ0) is 12.4. The van der Waals surface area contributed by atoms with Crippen LogP contribution in [0.15, 0.2) is 53.1 Å². The average molecular weight is 238 g/mol. The second-order valence-electron chi connectivity index (χ2n) is 4.44. The van der Waals surface area contributed by atoms with Crippen LogP contribution >= 0.6 is 0 Å². The number of benzene rings is 1. The largest absolute Gasteiger partial charge is 0.324 e. The molecule has 1 heterocycles. The molecule has 3 rings (SSSR count). The quantitative estimate of drug-likeness (QED) is 0.800. The maximum absolute atomic E-state index is 11.9. The van der Waals surface area contributed by atoms with Crippen LogP contribution in [0, 0.1) is 0 Å². The van der Waals surface area contributed by atoms with E-state index in [0.717, 1.165) is 35.5 Å². The van der Waals surface area contributed by atoms with Crippen LogP contribution in [-0.2, 0) is 4.79 Å². The molecule has 3 nitrogen and oxygen atoms in total. The lowest BCUT2D eigenvalue weighted by molar-refractivity contribution is -0.115. The Morgan fingerprint density at radius 1 is 1.17 bits per heavy atom. The summed E-state index contributed by atoms with van der Waals surface area (Å²) < 4.78 is 0. The SMILES string of the molecule is O=C1CC(C2=CCCC=C2)=Nc2ccccc2N1. The van der Waals surface area contributed by atoms with Gasteiger partial charge in [0, 0.05) is 0 Å². The molecule has 0 bridgehead atoms. The summed E-state index contributed by atoms with van der Waals surface area (Å²) in [4.78, 5) is 16.5. The number of nitrogens with one attached hydrogen (secondary N) is 1. The van der Waals surface area contributed by atoms with Crippen molar-refractivity contribution < 1.29 is 4.79 Å². The smallest absolute Gasteiger partial charge is 0.230 e. The molecule has 1 N–H and O–H groups in total. The Bertz CT molecular complexity index is 582. The van der Waals surface area contributed by atoms with E-state index in [2.05, 4.69) is 28.5 Å². The number of nitrogens with zero attached hydrogens (tertiary/aromatic N) is 1. The first-order valence-corrected chi connectivity index (χ1v) is 6.16. The van der Waals surface area contributed by atoms with Crippen molar-refractivity contribution in [2.45, 2.75) is 19.3 Å². The van der Waals surface area contributed by atoms with E-state index < -0.39 is 0 Å². The highest BCUT2D eigenvalue weighted by Gasteiger charge is 2.17. The Hall–Kier alpha value is -2.16. The predicted octanol–water partition coefficient (Wildman–Crippen LogP) is 3.38. The van der Waals surface area contributed by atoms with Crippen molar-refractivity contribution >= 4 is 23.0 Å². The molecule has 0 fully saturated rings. The van der Waals surface area contributed by atoms with Crippen LogP contribution in [0.4, 0.5) is 11.4 Å². The highest BCUT2D eigenvalue weighted by atomic mass is 16.1. The lowest BCUT2D eigenvalue weighted by atomic mass is 10.0. The van der Waals surface area contributed by atoms with E-state index in [0.29, 0.717) is 6.42 Å². The first-order chi connectivity index (χ1) is 8.83. The lowest BCUT2D eigenvalue weighted by Gasteiger charge is -2.08. The van der Waals surface area contributed by atoms with Crippen LogP contribution in [-0.4, -0.2) is 11.6 Å². The van der Waals surface area contributed by atoms with Gasteiger partial charge in [-0.2, -0.15) is 0 Å². The summed E-state index contributed by atoms with van der Waals surface area (Å²) in [7, 11) is 0. The van der Waals surface area contributed by atoms with E-state index >= 15 is 0 Å². The number of para-hydroxylation sites is 2. The number of anilines is 1. The van der Waals surface area contributed by atoms with E-state index in [1.54, 1.807) is 0 Å². The van der Waals surface area contributed by atoms with Crippen molar-refractivity contribution in [2.24, 2.45) is 4.99 Å². The molecule has 0 saturated heterocycles. The van der Waals surface area contributed by atoms with Gasteiger partial charge >= 0.3 is 0 Å². The second kappa shape index (κ2) is 4.61. The molecular weight excluding hydrogens is 224 g/mol. The lowest BCUT2D eigenvalue weighted by Crippen LogP contribution is -2.15. The Kier molecular flexibility index (Phi) is 2.81. The fraction of sp³-hybridized carbons (Fsp3) is 0.200. The molecule has 0 saturated carbocycles. The average Bonchev–Trinajstić information content (AvgIpc) is 2.57. The Morgan fingerprint density at radius 2 is 2.06 bits per heavy atom. The summed E-state index contributed by atoms with van der Waals surface area (Å²) in [5, 5.41) is 2.89. The molecule has 1 aromatic carbocycles. The van der Waals surface area contributed by atoms with Gasteiger partial charge < -0.3 is 5.32 Å². The Morgan fingerprint density at radius 3 is 2.89 bits per heavy atom. The zero-order valence-electron chi connectivity index (χ0n) is 10.0. The summed E-state index contributed by atoms with van der Waals surface area (Å²) >= 11 is 0. The van der Waals surface area contributed by atoms with Gasteiger partial charge in [-0.3, -0.25) is 9.79 Å². The standard InChI is InChI=1S/C15H14N2O/c18-15-10-14(11-6-2-1-3-7-11)16-12-8-4-5-9-13(12)17-15/h2,4-9H,1,3,10H2,(H,17,18). The number of carbonyl (C=O) groups excluding carboxylic acids is 1. The highest BCUT2D eigenvalue weighted by molar-refractivity contribution is 6.17. The number of amides is 1. The van der Waals surface area contributed by atoms with Crippen molar-refractivity contribution in [3.8, 4) is 0 Å². The molecule has 1 aliphatic heterocycles. The van der Waals surface area contributed by atoms with Gasteiger partial charge in [-0.1, -0.05) is 30.4 Å². The van der Waals surface area contributed by atoms with Crippen molar-refractivity contribution in [3.63, 3.8) is 0 Å². The third-order valence-corrected chi connectivity index (χ3v) is 3.09. The molecule has 1 aliphatic carbocycles. The molecule has 0 radical (unpaired) electrons. The Balaban J connectivity index is 2.04. The van der Waals surface area contributed by atoms with Crippen LogP contribution in [0.25, 0.3) is 0 Å². The summed E-state index contributed by atoms with van der Waals surface area (Å²) in [6.45, 7) is 0. The minimum Gasteiger partial charge on any atom is -0.324 e. The van der Waals surface area contributed by atoms with Gasteiger partial charge in [-0.05, 0) is 30.5 Å². The normalized spacial score (nSPS) is 18.3. The summed E-state index contributed by atoms with van der Waals surface area (Å²) in [6, 6.07) is 7.64. The van der Waals surface area contributed by atoms with E-state index in [1.165, 1.54) is 0 Å². The van der Waals surface area contributed by atoms with Crippen molar-refractivity contribution in [1.82, 2.24) is 0 Å². The van der Waals surface area contributed by atoms with E-state index in [4.69, 9.17) is 0 Å². The van der Waals surface area contributed by atoms with E-state index in [9.17, 15) is 4.79 Å². The van der Waals surface area contributed by atoms with Crippen LogP contribution in [0.5, 0.6) is 0 Å². The predicted molar refractivity (Wildman–Crippen MR) is 73.2 cm³/mol. The molecule has 1 aromatic rings. The third kappa shape index (κ3) is 2.12. The number of allylic oxidation sites excluding steroid dienone is 4. The molecule has 0 spiro atoms. The van der Waals surface area contributed by atoms with Gasteiger partial charge in [0.25, 0.3) is 0 Å². The highest BCUT2D eigenvalue weighted by Crippen LogP contribution is 2.29. The minimum atomic E-state index is -0.00132. The van der Waals surface area contributed by atoms with Crippen molar-refractivity contribution in [3.05, 3.63) is 48.1 Å². The number of aliphatic imine (C=N–C) groups is 1. The fourth-order valence-electron chi connectivity index (χ4n) is 2.20. The molecule has 3 heteroatoms. The summed E-state index contributed by atoms with van der Waals surface area (Å²) in [5.74, 6) is -0.00132. The van der Waals surface area contributed by atoms with Crippen LogP contribution in [0.2, 0.25) is 0 Å². The van der Waals surface area contributed by atoms with Gasteiger partial charge in [-0.25, -0.2) is 0 Å². The third-order valence-electron chi connectivity index (χ3n) is 3.09. The molecule has 0 aromatic heterocycles. The molecule has 0 unspecified atom stereocenters. The first-order valence-electron chi connectivity index (χ1n) is 6.16. The van der Waals surface area contributed by atoms with Gasteiger partial charge in [0.2, 0.25) is 5.91 Å². The van der Waals surface area contributed by atoms with Gasteiger partial charge in [0.05, 0.1) is 23.5 Å². The van der Waals surface area contributed by atoms with E-state index in [-0.39, 0.29) is 5.91 Å². The number of carbonyl (C=O) groups is 1. The monoisotopic (exact) mass is 238 g/mol. The zero-order valence-corrected chi connectivity index (χ0v) is 10.0. The minimum absolute atomic E-state index is 0.00132. The molecule has 0 atom stereocenters. The van der Waals surface area contributed by atoms with Crippen LogP contribution in [0.3, 0.4) is 0 Å². The summed E-state index contributed by atoms with van der Waals surface area (Å²) in [6.07, 6.45) is 8.77. The second-order valence-corrected chi connectivity index (χ2v) is 4.44. The van der Waals surface area contributed by atoms with Gasteiger partial charge in [-0.15, -0.1) is 0 Å². The molecule has 2 aliphatic rings. The van der Waals surface area contributed by atoms with Gasteiger partial charge in [0.15, 0.2) is 0 Å². The first kappa shape index (κ1) is 11.0. The van der Waals surface area contributed by atoms with Crippen LogP contribution < -0.4 is 5.32 Å². The topological polar surface area (TPSA) is 41.5 Å². The summed E-state index contributed by atoms with van der Waals surface area (Å²) in [5.41, 5.74) is 3.55. The van der Waals surface area contributed by atoms with Crippen LogP contribution in [0.1, 0.15) is 19.3 Å².